The summed E-state index contributed by atoms with van der Waals surface area (Å²) in [6.07, 6.45) is 1.07. The molecule has 0 aliphatic rings. The van der Waals surface area contributed by atoms with Gasteiger partial charge in [0.15, 0.2) is 0 Å². The van der Waals surface area contributed by atoms with Crippen molar-refractivity contribution >= 4 is 28.9 Å². The molecule has 24 heavy (non-hydrogen) atoms. The van der Waals surface area contributed by atoms with Crippen LogP contribution in [0.5, 0.6) is 11.5 Å². The fraction of sp³-hybridized carbons (Fsp3) is 0.278. The molecule has 2 rings (SSSR count). The molecule has 0 spiro atoms. The van der Waals surface area contributed by atoms with Gasteiger partial charge >= 0.3 is 0 Å². The highest BCUT2D eigenvalue weighted by atomic mass is 35.5. The van der Waals surface area contributed by atoms with E-state index in [4.69, 9.17) is 26.8 Å². The molecule has 3 N–H and O–H groups in total. The number of halogens is 1. The van der Waals surface area contributed by atoms with Crippen molar-refractivity contribution < 1.29 is 14.3 Å². The number of hydrogen-bond acceptors (Lipinski definition) is 4. The van der Waals surface area contributed by atoms with Crippen LogP contribution in [-0.2, 0) is 0 Å². The van der Waals surface area contributed by atoms with Gasteiger partial charge in [-0.05, 0) is 43.7 Å². The summed E-state index contributed by atoms with van der Waals surface area (Å²) >= 11 is 6.00. The lowest BCUT2D eigenvalue weighted by Gasteiger charge is -2.14. The number of carbonyl (C=O) groups is 1. The normalized spacial score (nSPS) is 11.7. The van der Waals surface area contributed by atoms with Gasteiger partial charge in [0, 0.05) is 11.8 Å². The number of benzene rings is 2. The Hall–Kier alpha value is -2.40. The molecule has 5 nitrogen and oxygen atoms in total. The second kappa shape index (κ2) is 7.93. The van der Waals surface area contributed by atoms with E-state index in [1.165, 1.54) is 19.2 Å². The molecular formula is C18H21ClN2O3. The van der Waals surface area contributed by atoms with Crippen LogP contribution in [-0.4, -0.2) is 19.1 Å². The summed E-state index contributed by atoms with van der Waals surface area (Å²) in [6, 6.07) is 10.2. The molecule has 2 aromatic carbocycles. The van der Waals surface area contributed by atoms with Gasteiger partial charge in [-0.15, -0.1) is 0 Å². The smallest absolute Gasteiger partial charge is 0.259 e. The van der Waals surface area contributed by atoms with Crippen LogP contribution in [0.4, 0.5) is 11.4 Å². The van der Waals surface area contributed by atoms with Crippen LogP contribution < -0.4 is 20.5 Å². The van der Waals surface area contributed by atoms with Gasteiger partial charge < -0.3 is 20.5 Å². The molecule has 0 saturated heterocycles. The number of nitrogens with one attached hydrogen (secondary N) is 1. The fourth-order valence-electron chi connectivity index (χ4n) is 2.05. The molecular weight excluding hydrogens is 328 g/mol. The second-order valence-corrected chi connectivity index (χ2v) is 5.80. The average molecular weight is 349 g/mol. The zero-order valence-corrected chi connectivity index (χ0v) is 14.7. The molecule has 0 heterocycles. The summed E-state index contributed by atoms with van der Waals surface area (Å²) < 4.78 is 10.9. The lowest BCUT2D eigenvalue weighted by atomic mass is 10.1. The molecule has 1 atom stereocenters. The molecule has 0 fully saturated rings. The van der Waals surface area contributed by atoms with Gasteiger partial charge in [-0.3, -0.25) is 4.79 Å². The van der Waals surface area contributed by atoms with Gasteiger partial charge in [0.1, 0.15) is 11.5 Å². The van der Waals surface area contributed by atoms with E-state index in [0.29, 0.717) is 27.7 Å². The van der Waals surface area contributed by atoms with Crippen molar-refractivity contribution in [2.24, 2.45) is 0 Å². The summed E-state index contributed by atoms with van der Waals surface area (Å²) in [7, 11) is 1.47. The van der Waals surface area contributed by atoms with Crippen LogP contribution in [0.15, 0.2) is 36.4 Å². The Morgan fingerprint density at radius 3 is 2.54 bits per heavy atom. The van der Waals surface area contributed by atoms with Gasteiger partial charge in [0.25, 0.3) is 5.91 Å². The quantitative estimate of drug-likeness (QED) is 0.760. The maximum atomic E-state index is 12.4. The van der Waals surface area contributed by atoms with E-state index >= 15 is 0 Å². The van der Waals surface area contributed by atoms with E-state index in [1.54, 1.807) is 12.1 Å². The maximum absolute atomic E-state index is 12.4. The van der Waals surface area contributed by atoms with Gasteiger partial charge in [0.2, 0.25) is 0 Å². The van der Waals surface area contributed by atoms with Gasteiger partial charge in [-0.2, -0.15) is 0 Å². The van der Waals surface area contributed by atoms with Crippen molar-refractivity contribution in [2.45, 2.75) is 26.4 Å². The fourth-order valence-corrected chi connectivity index (χ4v) is 2.21. The Balaban J connectivity index is 2.14. The lowest BCUT2D eigenvalue weighted by Crippen LogP contribution is -2.14. The minimum Gasteiger partial charge on any atom is -0.496 e. The van der Waals surface area contributed by atoms with E-state index in [9.17, 15) is 4.79 Å². The standard InChI is InChI=1S/C18H21ClN2O3/c1-4-11(2)24-13-7-5-12(6-8-13)21-18(22)14-9-15(19)16(20)10-17(14)23-3/h5-11H,4,20H2,1-3H3,(H,21,22). The number of nitrogens with two attached hydrogens (primary N) is 1. The Labute approximate surface area is 146 Å². The molecule has 0 saturated carbocycles. The highest BCUT2D eigenvalue weighted by molar-refractivity contribution is 6.33. The monoisotopic (exact) mass is 348 g/mol. The predicted molar refractivity (Wildman–Crippen MR) is 97.2 cm³/mol. The molecule has 0 aliphatic heterocycles. The molecule has 0 bridgehead atoms. The molecule has 0 aromatic heterocycles. The summed E-state index contributed by atoms with van der Waals surface area (Å²) in [5, 5.41) is 3.10. The van der Waals surface area contributed by atoms with E-state index in [0.717, 1.165) is 12.2 Å². The average Bonchev–Trinajstić information content (AvgIpc) is 2.58. The Bertz CT molecular complexity index is 717. The van der Waals surface area contributed by atoms with Crippen LogP contribution >= 0.6 is 11.6 Å². The first-order chi connectivity index (χ1) is 11.4. The Morgan fingerprint density at radius 2 is 1.96 bits per heavy atom. The number of anilines is 2. The molecule has 0 radical (unpaired) electrons. The predicted octanol–water partition coefficient (Wildman–Crippen LogP) is 4.36. The number of amides is 1. The first-order valence-corrected chi connectivity index (χ1v) is 8.03. The zero-order chi connectivity index (χ0) is 17.7. The van der Waals surface area contributed by atoms with Crippen molar-refractivity contribution in [3.63, 3.8) is 0 Å². The minimum atomic E-state index is -0.329. The third kappa shape index (κ3) is 4.32. The molecule has 6 heteroatoms. The SMILES string of the molecule is CCC(C)Oc1ccc(NC(=O)c2cc(Cl)c(N)cc2OC)cc1. The van der Waals surface area contributed by atoms with Crippen molar-refractivity contribution in [3.05, 3.63) is 47.0 Å². The molecule has 128 valence electrons. The van der Waals surface area contributed by atoms with Crippen molar-refractivity contribution in [2.75, 3.05) is 18.2 Å². The van der Waals surface area contributed by atoms with Crippen LogP contribution in [0.3, 0.4) is 0 Å². The lowest BCUT2D eigenvalue weighted by molar-refractivity contribution is 0.102. The zero-order valence-electron chi connectivity index (χ0n) is 13.9. The second-order valence-electron chi connectivity index (χ2n) is 5.39. The van der Waals surface area contributed by atoms with Crippen molar-refractivity contribution in [1.82, 2.24) is 0 Å². The van der Waals surface area contributed by atoms with Crippen molar-refractivity contribution in [1.29, 1.82) is 0 Å². The number of ether oxygens (including phenoxy) is 2. The number of carbonyl (C=O) groups excluding carboxylic acids is 1. The summed E-state index contributed by atoms with van der Waals surface area (Å²) in [6.45, 7) is 4.07. The molecule has 2 aromatic rings. The number of methoxy groups -OCH3 is 1. The summed E-state index contributed by atoms with van der Waals surface area (Å²) in [5.74, 6) is 0.797. The topological polar surface area (TPSA) is 73.6 Å². The summed E-state index contributed by atoms with van der Waals surface area (Å²) in [4.78, 5) is 12.4. The number of hydrogen-bond donors (Lipinski definition) is 2. The first kappa shape index (κ1) is 17.9. The number of nitrogen functional groups attached to an aromatic ring is 1. The van der Waals surface area contributed by atoms with Crippen LogP contribution in [0, 0.1) is 0 Å². The minimum absolute atomic E-state index is 0.145. The summed E-state index contributed by atoms with van der Waals surface area (Å²) in [5.41, 5.74) is 7.05. The van der Waals surface area contributed by atoms with Gasteiger partial charge in [-0.1, -0.05) is 18.5 Å². The first-order valence-electron chi connectivity index (χ1n) is 7.65. The molecule has 1 amide bonds. The van der Waals surface area contributed by atoms with E-state index < -0.39 is 0 Å². The Kier molecular flexibility index (Phi) is 5.93. The van der Waals surface area contributed by atoms with Crippen LogP contribution in [0.2, 0.25) is 5.02 Å². The van der Waals surface area contributed by atoms with E-state index in [2.05, 4.69) is 12.2 Å². The molecule has 1 unspecified atom stereocenters. The van der Waals surface area contributed by atoms with Gasteiger partial charge in [0.05, 0.1) is 29.5 Å². The highest BCUT2D eigenvalue weighted by Gasteiger charge is 2.15. The Morgan fingerprint density at radius 1 is 1.29 bits per heavy atom. The maximum Gasteiger partial charge on any atom is 0.259 e. The van der Waals surface area contributed by atoms with E-state index in [-0.39, 0.29) is 12.0 Å². The van der Waals surface area contributed by atoms with Crippen LogP contribution in [0.1, 0.15) is 30.6 Å². The highest BCUT2D eigenvalue weighted by Crippen LogP contribution is 2.29. The molecule has 0 aliphatic carbocycles. The van der Waals surface area contributed by atoms with Crippen LogP contribution in [0.25, 0.3) is 0 Å². The third-order valence-electron chi connectivity index (χ3n) is 3.59. The number of rotatable bonds is 6. The van der Waals surface area contributed by atoms with Crippen molar-refractivity contribution in [3.8, 4) is 11.5 Å². The third-order valence-corrected chi connectivity index (χ3v) is 3.92. The largest absolute Gasteiger partial charge is 0.496 e. The van der Waals surface area contributed by atoms with Gasteiger partial charge in [-0.25, -0.2) is 0 Å². The van der Waals surface area contributed by atoms with E-state index in [1.807, 2.05) is 19.1 Å².